The van der Waals surface area contributed by atoms with Gasteiger partial charge in [0, 0.05) is 21.6 Å². The molecule has 0 aliphatic carbocycles. The Morgan fingerprint density at radius 2 is 2.00 bits per heavy atom. The molecule has 0 radical (unpaired) electrons. The van der Waals surface area contributed by atoms with Crippen LogP contribution in [0.4, 0.5) is 0 Å². The molecule has 0 bridgehead atoms. The minimum atomic E-state index is -0.0309. The molecule has 0 saturated carbocycles. The summed E-state index contributed by atoms with van der Waals surface area (Å²) in [5, 5.41) is 1.75. The van der Waals surface area contributed by atoms with Crippen molar-refractivity contribution in [3.05, 3.63) is 75.4 Å². The zero-order chi connectivity index (χ0) is 15.1. The van der Waals surface area contributed by atoms with Crippen LogP contribution in [0.25, 0.3) is 21.8 Å². The minimum Gasteiger partial charge on any atom is -0.361 e. The molecule has 0 atom stereocenters. The summed E-state index contributed by atoms with van der Waals surface area (Å²) < 4.78 is 2.52. The smallest absolute Gasteiger partial charge is 0.261 e. The quantitative estimate of drug-likeness (QED) is 0.597. The van der Waals surface area contributed by atoms with E-state index in [1.807, 2.05) is 42.6 Å². The molecule has 0 spiro atoms. The molecule has 0 amide bonds. The molecule has 0 aliphatic rings. The highest BCUT2D eigenvalue weighted by atomic mass is 79.9. The first-order valence-electron chi connectivity index (χ1n) is 6.92. The van der Waals surface area contributed by atoms with Crippen LogP contribution < -0.4 is 5.56 Å². The van der Waals surface area contributed by atoms with Crippen molar-refractivity contribution < 1.29 is 0 Å². The lowest BCUT2D eigenvalue weighted by molar-refractivity contribution is 0.752. The highest BCUT2D eigenvalue weighted by molar-refractivity contribution is 9.10. The fraction of sp³-hybridized carbons (Fsp3) is 0.0588. The number of para-hydroxylation sites is 1. The molecule has 1 N–H and O–H groups in total. The van der Waals surface area contributed by atoms with Crippen LogP contribution in [0.5, 0.6) is 0 Å². The zero-order valence-corrected chi connectivity index (χ0v) is 13.2. The first-order chi connectivity index (χ1) is 10.7. The monoisotopic (exact) mass is 353 g/mol. The number of fused-ring (bicyclic) bond motifs is 2. The van der Waals surface area contributed by atoms with Crippen LogP contribution in [0.3, 0.4) is 0 Å². The first kappa shape index (κ1) is 13.3. The van der Waals surface area contributed by atoms with Crippen molar-refractivity contribution in [1.29, 1.82) is 0 Å². The standard InChI is InChI=1S/C17H12BrN3O/c18-12-5-6-16-14(7-12)17(22)21(10-20-16)9-11-8-19-15-4-2-1-3-13(11)15/h1-8,10,19H,9H2. The molecule has 4 rings (SSSR count). The number of aromatic nitrogens is 3. The molecule has 2 aromatic heterocycles. The Morgan fingerprint density at radius 1 is 1.14 bits per heavy atom. The van der Waals surface area contributed by atoms with Gasteiger partial charge in [-0.1, -0.05) is 34.1 Å². The second kappa shape index (κ2) is 5.10. The topological polar surface area (TPSA) is 50.7 Å². The molecule has 0 unspecified atom stereocenters. The summed E-state index contributed by atoms with van der Waals surface area (Å²) >= 11 is 3.40. The third-order valence-electron chi connectivity index (χ3n) is 3.80. The van der Waals surface area contributed by atoms with Gasteiger partial charge in [-0.3, -0.25) is 9.36 Å². The molecule has 22 heavy (non-hydrogen) atoms. The molecule has 4 aromatic rings. The number of rotatable bonds is 2. The fourth-order valence-electron chi connectivity index (χ4n) is 2.69. The van der Waals surface area contributed by atoms with E-state index in [1.165, 1.54) is 0 Å². The van der Waals surface area contributed by atoms with Crippen LogP contribution in [-0.4, -0.2) is 14.5 Å². The number of hydrogen-bond acceptors (Lipinski definition) is 2. The van der Waals surface area contributed by atoms with Gasteiger partial charge >= 0.3 is 0 Å². The second-order valence-corrected chi connectivity index (χ2v) is 6.11. The zero-order valence-electron chi connectivity index (χ0n) is 11.6. The summed E-state index contributed by atoms with van der Waals surface area (Å²) in [5.41, 5.74) is 2.83. The number of hydrogen-bond donors (Lipinski definition) is 1. The molecule has 2 aromatic carbocycles. The van der Waals surface area contributed by atoms with Crippen LogP contribution in [0, 0.1) is 0 Å². The van der Waals surface area contributed by atoms with E-state index in [1.54, 1.807) is 10.9 Å². The van der Waals surface area contributed by atoms with E-state index in [4.69, 9.17) is 0 Å². The van der Waals surface area contributed by atoms with Crippen LogP contribution in [0.1, 0.15) is 5.56 Å². The van der Waals surface area contributed by atoms with Gasteiger partial charge in [-0.05, 0) is 29.8 Å². The van der Waals surface area contributed by atoms with Gasteiger partial charge in [0.1, 0.15) is 0 Å². The van der Waals surface area contributed by atoms with Crippen molar-refractivity contribution in [3.8, 4) is 0 Å². The van der Waals surface area contributed by atoms with E-state index in [-0.39, 0.29) is 5.56 Å². The molecular weight excluding hydrogens is 342 g/mol. The number of halogens is 1. The minimum absolute atomic E-state index is 0.0309. The van der Waals surface area contributed by atoms with Gasteiger partial charge in [0.2, 0.25) is 0 Å². The number of H-pyrrole nitrogens is 1. The van der Waals surface area contributed by atoms with Crippen LogP contribution in [-0.2, 0) is 6.54 Å². The van der Waals surface area contributed by atoms with Gasteiger partial charge in [-0.25, -0.2) is 4.98 Å². The third kappa shape index (κ3) is 2.14. The van der Waals surface area contributed by atoms with Crippen molar-refractivity contribution in [2.24, 2.45) is 0 Å². The summed E-state index contributed by atoms with van der Waals surface area (Å²) in [6.07, 6.45) is 3.56. The highest BCUT2D eigenvalue weighted by Crippen LogP contribution is 2.19. The van der Waals surface area contributed by atoms with Crippen molar-refractivity contribution in [2.45, 2.75) is 6.54 Å². The lowest BCUT2D eigenvalue weighted by Gasteiger charge is -2.06. The Labute approximate surface area is 134 Å². The molecular formula is C17H12BrN3O. The number of nitrogens with one attached hydrogen (secondary N) is 1. The maximum atomic E-state index is 12.6. The van der Waals surface area contributed by atoms with Gasteiger partial charge in [0.05, 0.1) is 23.8 Å². The van der Waals surface area contributed by atoms with Crippen LogP contribution in [0.15, 0.2) is 64.3 Å². The highest BCUT2D eigenvalue weighted by Gasteiger charge is 2.08. The molecule has 4 nitrogen and oxygen atoms in total. The van der Waals surface area contributed by atoms with Crippen LogP contribution in [0.2, 0.25) is 0 Å². The molecule has 2 heterocycles. The summed E-state index contributed by atoms with van der Waals surface area (Å²) in [4.78, 5) is 20.2. The Balaban J connectivity index is 1.85. The van der Waals surface area contributed by atoms with Gasteiger partial charge in [0.25, 0.3) is 5.56 Å². The van der Waals surface area contributed by atoms with Crippen molar-refractivity contribution >= 4 is 37.7 Å². The SMILES string of the molecule is O=c1c2cc(Br)ccc2ncn1Cc1c[nH]c2ccccc12. The second-order valence-electron chi connectivity index (χ2n) is 5.20. The van der Waals surface area contributed by atoms with E-state index in [0.717, 1.165) is 20.9 Å². The van der Waals surface area contributed by atoms with Gasteiger partial charge < -0.3 is 4.98 Å². The van der Waals surface area contributed by atoms with E-state index < -0.39 is 0 Å². The van der Waals surface area contributed by atoms with Crippen molar-refractivity contribution in [2.75, 3.05) is 0 Å². The summed E-state index contributed by atoms with van der Waals surface area (Å²) in [7, 11) is 0. The molecule has 0 fully saturated rings. The summed E-state index contributed by atoms with van der Waals surface area (Å²) in [6.45, 7) is 0.498. The molecule has 108 valence electrons. The largest absolute Gasteiger partial charge is 0.361 e. The lowest BCUT2D eigenvalue weighted by atomic mass is 10.2. The van der Waals surface area contributed by atoms with Crippen LogP contribution >= 0.6 is 15.9 Å². The van der Waals surface area contributed by atoms with Gasteiger partial charge in [-0.2, -0.15) is 0 Å². The predicted octanol–water partition coefficient (Wildman–Crippen LogP) is 3.69. The lowest BCUT2D eigenvalue weighted by Crippen LogP contribution is -2.21. The Hall–Kier alpha value is -2.40. The average molecular weight is 354 g/mol. The fourth-order valence-corrected chi connectivity index (χ4v) is 3.05. The average Bonchev–Trinajstić information content (AvgIpc) is 2.94. The van der Waals surface area contributed by atoms with Gasteiger partial charge in [0.15, 0.2) is 0 Å². The Bertz CT molecular complexity index is 1050. The maximum absolute atomic E-state index is 12.6. The van der Waals surface area contributed by atoms with E-state index in [0.29, 0.717) is 17.4 Å². The van der Waals surface area contributed by atoms with Crippen molar-refractivity contribution in [3.63, 3.8) is 0 Å². The Kier molecular flexibility index (Phi) is 3.08. The molecule has 5 heteroatoms. The maximum Gasteiger partial charge on any atom is 0.261 e. The molecule has 0 saturated heterocycles. The number of benzene rings is 2. The first-order valence-corrected chi connectivity index (χ1v) is 7.71. The predicted molar refractivity (Wildman–Crippen MR) is 91.1 cm³/mol. The Morgan fingerprint density at radius 3 is 2.91 bits per heavy atom. The third-order valence-corrected chi connectivity index (χ3v) is 4.29. The normalized spacial score (nSPS) is 11.3. The summed E-state index contributed by atoms with van der Waals surface area (Å²) in [6, 6.07) is 13.6. The van der Waals surface area contributed by atoms with Crippen molar-refractivity contribution in [1.82, 2.24) is 14.5 Å². The molecule has 0 aliphatic heterocycles. The summed E-state index contributed by atoms with van der Waals surface area (Å²) in [5.74, 6) is 0. The number of nitrogens with zero attached hydrogens (tertiary/aromatic N) is 2. The van der Waals surface area contributed by atoms with E-state index >= 15 is 0 Å². The van der Waals surface area contributed by atoms with Gasteiger partial charge in [-0.15, -0.1) is 0 Å². The van der Waals surface area contributed by atoms with E-state index in [9.17, 15) is 4.79 Å². The van der Waals surface area contributed by atoms with E-state index in [2.05, 4.69) is 32.0 Å². The number of aromatic amines is 1.